The first-order valence-corrected chi connectivity index (χ1v) is 6.20. The summed E-state index contributed by atoms with van der Waals surface area (Å²) in [7, 11) is 0. The quantitative estimate of drug-likeness (QED) is 0.911. The number of carbonyl (C=O) groups is 1. The van der Waals surface area contributed by atoms with Gasteiger partial charge >= 0.3 is 5.97 Å². The molecule has 0 saturated carbocycles. The fourth-order valence-corrected chi connectivity index (χ4v) is 2.79. The van der Waals surface area contributed by atoms with Crippen molar-refractivity contribution in [3.63, 3.8) is 0 Å². The van der Waals surface area contributed by atoms with E-state index in [4.69, 9.17) is 5.11 Å². The first kappa shape index (κ1) is 13.6. The number of benzene rings is 1. The Hall–Kier alpha value is -1.79. The number of halogens is 2. The van der Waals surface area contributed by atoms with Crippen molar-refractivity contribution in [3.05, 3.63) is 57.3 Å². The molecule has 1 heterocycles. The summed E-state index contributed by atoms with van der Waals surface area (Å²) in [6, 6.07) is 3.99. The van der Waals surface area contributed by atoms with Crippen molar-refractivity contribution in [3.8, 4) is 0 Å². The summed E-state index contributed by atoms with van der Waals surface area (Å²) >= 11 is 1.02. The van der Waals surface area contributed by atoms with Crippen molar-refractivity contribution in [1.82, 2.24) is 0 Å². The molecule has 1 unspecified atom stereocenters. The summed E-state index contributed by atoms with van der Waals surface area (Å²) in [5, 5.41) is 21.0. The third kappa shape index (κ3) is 2.50. The van der Waals surface area contributed by atoms with Crippen molar-refractivity contribution in [2.75, 3.05) is 0 Å². The molecule has 0 fully saturated rings. The molecule has 0 saturated heterocycles. The number of hydrogen-bond donors (Lipinski definition) is 2. The van der Waals surface area contributed by atoms with Crippen molar-refractivity contribution in [2.24, 2.45) is 0 Å². The first-order valence-electron chi connectivity index (χ1n) is 5.32. The van der Waals surface area contributed by atoms with Crippen LogP contribution in [0.2, 0.25) is 0 Å². The molecule has 0 aliphatic heterocycles. The number of carboxylic acids is 1. The van der Waals surface area contributed by atoms with Crippen LogP contribution < -0.4 is 0 Å². The molecular formula is C13H10F2O3S. The predicted octanol–water partition coefficient (Wildman–Crippen LogP) is 2.98. The zero-order chi connectivity index (χ0) is 14.2. The summed E-state index contributed by atoms with van der Waals surface area (Å²) in [6.07, 6.45) is 0. The molecule has 2 N–H and O–H groups in total. The Morgan fingerprint density at radius 3 is 2.37 bits per heavy atom. The van der Waals surface area contributed by atoms with Crippen molar-refractivity contribution in [1.29, 1.82) is 0 Å². The summed E-state index contributed by atoms with van der Waals surface area (Å²) in [6.45, 7) is 1.31. The summed E-state index contributed by atoms with van der Waals surface area (Å²) in [5.41, 5.74) is -1.89. The largest absolute Gasteiger partial charge is 0.478 e. The van der Waals surface area contributed by atoms with Gasteiger partial charge in [-0.15, -0.1) is 11.3 Å². The van der Waals surface area contributed by atoms with Crippen LogP contribution in [0.4, 0.5) is 8.78 Å². The maximum Gasteiger partial charge on any atom is 0.336 e. The number of thiophene rings is 1. The van der Waals surface area contributed by atoms with Crippen molar-refractivity contribution >= 4 is 17.3 Å². The Kier molecular flexibility index (Phi) is 3.38. The van der Waals surface area contributed by atoms with Crippen LogP contribution in [0, 0.1) is 11.6 Å². The Balaban J connectivity index is 2.58. The standard InChI is InChI=1S/C13H10F2O3S/c1-13(18,7-4-8(14)6-9(15)5-7)11-10(12(16)17)2-3-19-11/h2-6,18H,1H3,(H,16,17). The van der Waals surface area contributed by atoms with Gasteiger partial charge < -0.3 is 10.2 Å². The molecule has 2 rings (SSSR count). The van der Waals surface area contributed by atoms with Gasteiger partial charge in [-0.2, -0.15) is 0 Å². The van der Waals surface area contributed by atoms with Gasteiger partial charge in [-0.1, -0.05) is 0 Å². The Morgan fingerprint density at radius 1 is 1.26 bits per heavy atom. The van der Waals surface area contributed by atoms with Gasteiger partial charge in [0.05, 0.1) is 10.4 Å². The van der Waals surface area contributed by atoms with E-state index in [9.17, 15) is 18.7 Å². The lowest BCUT2D eigenvalue weighted by Crippen LogP contribution is -2.24. The van der Waals surface area contributed by atoms with Crippen LogP contribution in [0.15, 0.2) is 29.6 Å². The molecule has 3 nitrogen and oxygen atoms in total. The van der Waals surface area contributed by atoms with Crippen LogP contribution in [-0.4, -0.2) is 16.2 Å². The average Bonchev–Trinajstić information content (AvgIpc) is 2.76. The van der Waals surface area contributed by atoms with Crippen LogP contribution in [0.5, 0.6) is 0 Å². The Bertz CT molecular complexity index is 614. The fraction of sp³-hybridized carbons (Fsp3) is 0.154. The number of aliphatic hydroxyl groups is 1. The molecule has 0 aliphatic rings. The van der Waals surface area contributed by atoms with Crippen LogP contribution in [-0.2, 0) is 5.60 Å². The fourth-order valence-electron chi connectivity index (χ4n) is 1.82. The number of carboxylic acid groups (broad SMARTS) is 1. The third-order valence-electron chi connectivity index (χ3n) is 2.76. The summed E-state index contributed by atoms with van der Waals surface area (Å²) < 4.78 is 26.4. The van der Waals surface area contributed by atoms with E-state index >= 15 is 0 Å². The molecule has 100 valence electrons. The molecule has 6 heteroatoms. The zero-order valence-electron chi connectivity index (χ0n) is 9.85. The molecule has 1 atom stereocenters. The highest BCUT2D eigenvalue weighted by Gasteiger charge is 2.32. The minimum Gasteiger partial charge on any atom is -0.478 e. The van der Waals surface area contributed by atoms with Crippen LogP contribution >= 0.6 is 11.3 Å². The summed E-state index contributed by atoms with van der Waals surface area (Å²) in [4.78, 5) is 11.2. The van der Waals surface area contributed by atoms with E-state index in [2.05, 4.69) is 0 Å². The average molecular weight is 284 g/mol. The second-order valence-corrected chi connectivity index (χ2v) is 5.12. The molecule has 0 spiro atoms. The van der Waals surface area contributed by atoms with Gasteiger partial charge in [0, 0.05) is 6.07 Å². The lowest BCUT2D eigenvalue weighted by Gasteiger charge is -2.23. The summed E-state index contributed by atoms with van der Waals surface area (Å²) in [5.74, 6) is -2.86. The van der Waals surface area contributed by atoms with E-state index in [1.54, 1.807) is 0 Å². The SMILES string of the molecule is CC(O)(c1cc(F)cc(F)c1)c1sccc1C(=O)O. The molecule has 19 heavy (non-hydrogen) atoms. The van der Waals surface area contributed by atoms with E-state index in [0.717, 1.165) is 23.5 Å². The maximum atomic E-state index is 13.2. The molecular weight excluding hydrogens is 274 g/mol. The lowest BCUT2D eigenvalue weighted by molar-refractivity contribution is 0.0674. The van der Waals surface area contributed by atoms with Gasteiger partial charge in [0.1, 0.15) is 17.2 Å². The topological polar surface area (TPSA) is 57.5 Å². The highest BCUT2D eigenvalue weighted by Crippen LogP contribution is 2.35. The van der Waals surface area contributed by atoms with Crippen LogP contribution in [0.1, 0.15) is 27.7 Å². The molecule has 0 bridgehead atoms. The molecule has 2 aromatic rings. The number of hydrogen-bond acceptors (Lipinski definition) is 3. The van der Waals surface area contributed by atoms with Gasteiger partial charge in [-0.05, 0) is 36.1 Å². The van der Waals surface area contributed by atoms with Gasteiger partial charge in [-0.25, -0.2) is 13.6 Å². The zero-order valence-corrected chi connectivity index (χ0v) is 10.7. The monoisotopic (exact) mass is 284 g/mol. The molecule has 1 aromatic heterocycles. The number of rotatable bonds is 3. The lowest BCUT2D eigenvalue weighted by atomic mass is 9.92. The second kappa shape index (κ2) is 4.71. The van der Waals surface area contributed by atoms with E-state index in [-0.39, 0.29) is 16.0 Å². The van der Waals surface area contributed by atoms with Crippen molar-refractivity contribution in [2.45, 2.75) is 12.5 Å². The van der Waals surface area contributed by atoms with Gasteiger partial charge in [0.2, 0.25) is 0 Å². The first-order chi connectivity index (χ1) is 8.82. The van der Waals surface area contributed by atoms with Crippen LogP contribution in [0.3, 0.4) is 0 Å². The van der Waals surface area contributed by atoms with E-state index in [0.29, 0.717) is 6.07 Å². The number of aromatic carboxylic acids is 1. The second-order valence-electron chi connectivity index (χ2n) is 4.20. The molecule has 0 aliphatic carbocycles. The van der Waals surface area contributed by atoms with E-state index in [1.807, 2.05) is 0 Å². The minimum atomic E-state index is -1.77. The van der Waals surface area contributed by atoms with Crippen molar-refractivity contribution < 1.29 is 23.8 Å². The maximum absolute atomic E-state index is 13.2. The smallest absolute Gasteiger partial charge is 0.336 e. The van der Waals surface area contributed by atoms with Gasteiger partial charge in [0.15, 0.2) is 0 Å². The van der Waals surface area contributed by atoms with Gasteiger partial charge in [0.25, 0.3) is 0 Å². The Morgan fingerprint density at radius 2 is 1.84 bits per heavy atom. The normalized spacial score (nSPS) is 14.1. The molecule has 0 radical (unpaired) electrons. The van der Waals surface area contributed by atoms with Gasteiger partial charge in [-0.3, -0.25) is 0 Å². The van der Waals surface area contributed by atoms with Crippen LogP contribution in [0.25, 0.3) is 0 Å². The highest BCUT2D eigenvalue weighted by atomic mass is 32.1. The molecule has 1 aromatic carbocycles. The predicted molar refractivity (Wildman–Crippen MR) is 66.3 cm³/mol. The minimum absolute atomic E-state index is 0.0325. The highest BCUT2D eigenvalue weighted by molar-refractivity contribution is 7.10. The Labute approximate surface area is 111 Å². The van der Waals surface area contributed by atoms with E-state index in [1.165, 1.54) is 18.4 Å². The third-order valence-corrected chi connectivity index (χ3v) is 3.89. The van der Waals surface area contributed by atoms with E-state index < -0.39 is 23.2 Å². The molecule has 0 amide bonds.